The first-order valence-corrected chi connectivity index (χ1v) is 12.0. The third-order valence-electron chi connectivity index (χ3n) is 6.10. The lowest BCUT2D eigenvalue weighted by atomic mass is 10.1. The second-order valence-corrected chi connectivity index (χ2v) is 9.38. The third-order valence-corrected chi connectivity index (χ3v) is 6.10. The summed E-state index contributed by atoms with van der Waals surface area (Å²) in [5.74, 6) is -0.00318. The van der Waals surface area contributed by atoms with Crippen molar-refractivity contribution in [1.82, 2.24) is 14.8 Å². The molecule has 1 aromatic carbocycles. The van der Waals surface area contributed by atoms with Crippen LogP contribution in [0, 0.1) is 12.8 Å². The van der Waals surface area contributed by atoms with Gasteiger partial charge in [-0.25, -0.2) is 0 Å². The number of nitrogens with one attached hydrogen (secondary N) is 1. The van der Waals surface area contributed by atoms with Gasteiger partial charge < -0.3 is 24.1 Å². The van der Waals surface area contributed by atoms with Crippen LogP contribution in [0.5, 0.6) is 0 Å². The fourth-order valence-corrected chi connectivity index (χ4v) is 4.24. The van der Waals surface area contributed by atoms with Crippen molar-refractivity contribution in [2.45, 2.75) is 33.9 Å². The number of hydrogen-bond donors (Lipinski definition) is 1. The number of anilines is 1. The molecular formula is C27H32N4O4. The Bertz CT molecular complexity index is 1220. The van der Waals surface area contributed by atoms with Gasteiger partial charge in [0.25, 0.3) is 11.8 Å². The van der Waals surface area contributed by atoms with Gasteiger partial charge in [-0.15, -0.1) is 0 Å². The van der Waals surface area contributed by atoms with Gasteiger partial charge in [0.05, 0.1) is 12.8 Å². The number of aromatic nitrogens is 1. The smallest absolute Gasteiger partial charge is 0.259 e. The van der Waals surface area contributed by atoms with Crippen molar-refractivity contribution in [2.75, 3.05) is 31.1 Å². The molecule has 1 fully saturated rings. The van der Waals surface area contributed by atoms with Gasteiger partial charge >= 0.3 is 0 Å². The molecule has 35 heavy (non-hydrogen) atoms. The van der Waals surface area contributed by atoms with Gasteiger partial charge in [-0.05, 0) is 37.1 Å². The molecule has 0 unspecified atom stereocenters. The summed E-state index contributed by atoms with van der Waals surface area (Å²) in [7, 11) is 0. The minimum atomic E-state index is -0.548. The molecular weight excluding hydrogens is 444 g/mol. The summed E-state index contributed by atoms with van der Waals surface area (Å²) < 4.78 is 7.02. The van der Waals surface area contributed by atoms with Crippen molar-refractivity contribution >= 4 is 17.5 Å². The molecule has 0 atom stereocenters. The molecule has 2 aromatic heterocycles. The highest BCUT2D eigenvalue weighted by Crippen LogP contribution is 2.18. The number of amides is 2. The Hall–Kier alpha value is -3.81. The summed E-state index contributed by atoms with van der Waals surface area (Å²) in [6, 6.07) is 11.8. The van der Waals surface area contributed by atoms with E-state index in [2.05, 4.69) is 41.4 Å². The van der Waals surface area contributed by atoms with Crippen LogP contribution in [-0.2, 0) is 13.1 Å². The Morgan fingerprint density at radius 2 is 1.69 bits per heavy atom. The highest BCUT2D eigenvalue weighted by atomic mass is 16.3. The maximum Gasteiger partial charge on any atom is 0.259 e. The number of benzene rings is 1. The van der Waals surface area contributed by atoms with Gasteiger partial charge in [-0.2, -0.15) is 0 Å². The maximum absolute atomic E-state index is 13.4. The predicted octanol–water partition coefficient (Wildman–Crippen LogP) is 3.30. The number of hydrogen-bond acceptors (Lipinski definition) is 5. The number of nitrogens with zero attached hydrogens (tertiary/aromatic N) is 3. The number of furan rings is 1. The molecule has 0 saturated carbocycles. The lowest BCUT2D eigenvalue weighted by molar-refractivity contribution is 0.0744. The molecule has 3 heterocycles. The van der Waals surface area contributed by atoms with Gasteiger partial charge in [0.15, 0.2) is 0 Å². The van der Waals surface area contributed by atoms with Gasteiger partial charge in [-0.1, -0.05) is 31.5 Å². The quantitative estimate of drug-likeness (QED) is 0.565. The third kappa shape index (κ3) is 5.82. The highest BCUT2D eigenvalue weighted by molar-refractivity contribution is 5.99. The van der Waals surface area contributed by atoms with Crippen LogP contribution in [0.1, 0.15) is 45.9 Å². The predicted molar refractivity (Wildman–Crippen MR) is 135 cm³/mol. The van der Waals surface area contributed by atoms with Crippen LogP contribution in [0.4, 0.5) is 5.69 Å². The monoisotopic (exact) mass is 476 g/mol. The number of carbonyl (C=O) groups is 2. The van der Waals surface area contributed by atoms with E-state index in [-0.39, 0.29) is 29.5 Å². The fourth-order valence-electron chi connectivity index (χ4n) is 4.24. The molecule has 8 nitrogen and oxygen atoms in total. The average Bonchev–Trinajstić information content (AvgIpc) is 3.37. The summed E-state index contributed by atoms with van der Waals surface area (Å²) >= 11 is 0. The lowest BCUT2D eigenvalue weighted by Gasteiger charge is -2.36. The van der Waals surface area contributed by atoms with E-state index < -0.39 is 11.3 Å². The number of rotatable bonds is 7. The molecule has 184 valence electrons. The Morgan fingerprint density at radius 1 is 1.00 bits per heavy atom. The van der Waals surface area contributed by atoms with Crippen molar-refractivity contribution in [2.24, 2.45) is 5.92 Å². The first-order chi connectivity index (χ1) is 16.8. The summed E-state index contributed by atoms with van der Waals surface area (Å²) in [5.41, 5.74) is 1.76. The van der Waals surface area contributed by atoms with E-state index in [9.17, 15) is 14.4 Å². The zero-order valence-corrected chi connectivity index (χ0v) is 20.5. The maximum atomic E-state index is 13.4. The van der Waals surface area contributed by atoms with Gasteiger partial charge in [0.2, 0.25) is 5.43 Å². The first kappa shape index (κ1) is 24.3. The molecule has 0 spiro atoms. The SMILES string of the molecule is Cc1ccc(N2CCN(C(=O)c3cn(CC(C)C)cc(C(=O)NCc4ccco4)c3=O)CC2)cc1. The Balaban J connectivity index is 1.52. The van der Waals surface area contributed by atoms with Gasteiger partial charge in [0, 0.05) is 50.8 Å². The Kier molecular flexibility index (Phi) is 7.39. The molecule has 1 aliphatic rings. The normalized spacial score (nSPS) is 13.8. The van der Waals surface area contributed by atoms with Crippen molar-refractivity contribution in [3.8, 4) is 0 Å². The number of pyridine rings is 1. The largest absolute Gasteiger partial charge is 0.467 e. The van der Waals surface area contributed by atoms with E-state index >= 15 is 0 Å². The van der Waals surface area contributed by atoms with E-state index in [4.69, 9.17) is 4.42 Å². The summed E-state index contributed by atoms with van der Waals surface area (Å²) in [6.07, 6.45) is 4.64. The highest BCUT2D eigenvalue weighted by Gasteiger charge is 2.26. The molecule has 1 saturated heterocycles. The summed E-state index contributed by atoms with van der Waals surface area (Å²) in [4.78, 5) is 43.5. The summed E-state index contributed by atoms with van der Waals surface area (Å²) in [6.45, 7) is 9.25. The van der Waals surface area contributed by atoms with E-state index in [1.54, 1.807) is 27.8 Å². The molecule has 2 amide bonds. The van der Waals surface area contributed by atoms with Crippen LogP contribution in [0.2, 0.25) is 0 Å². The fraction of sp³-hybridized carbons (Fsp3) is 0.370. The molecule has 0 radical (unpaired) electrons. The van der Waals surface area contributed by atoms with Crippen LogP contribution < -0.4 is 15.6 Å². The minimum Gasteiger partial charge on any atom is -0.467 e. The summed E-state index contributed by atoms with van der Waals surface area (Å²) in [5, 5.41) is 2.72. The second-order valence-electron chi connectivity index (χ2n) is 9.38. The Labute approximate surface area is 205 Å². The van der Waals surface area contributed by atoms with Crippen LogP contribution in [0.3, 0.4) is 0 Å². The molecule has 0 bridgehead atoms. The molecule has 0 aliphatic carbocycles. The van der Waals surface area contributed by atoms with Crippen LogP contribution in [-0.4, -0.2) is 47.5 Å². The molecule has 8 heteroatoms. The van der Waals surface area contributed by atoms with Crippen molar-refractivity contribution < 1.29 is 14.0 Å². The van der Waals surface area contributed by atoms with Crippen LogP contribution in [0.25, 0.3) is 0 Å². The van der Waals surface area contributed by atoms with E-state index in [0.717, 1.165) is 5.69 Å². The van der Waals surface area contributed by atoms with Crippen LogP contribution >= 0.6 is 0 Å². The zero-order valence-electron chi connectivity index (χ0n) is 20.5. The molecule has 3 aromatic rings. The average molecular weight is 477 g/mol. The number of piperazine rings is 1. The molecule has 4 rings (SSSR count). The first-order valence-electron chi connectivity index (χ1n) is 12.0. The van der Waals surface area contributed by atoms with Gasteiger partial charge in [0.1, 0.15) is 16.9 Å². The standard InChI is InChI=1S/C27H32N4O4/c1-19(2)16-29-17-23(26(33)28-15-22-5-4-14-35-22)25(32)24(18-29)27(34)31-12-10-30(11-13-31)21-8-6-20(3)7-9-21/h4-9,14,17-19H,10-13,15-16H2,1-3H3,(H,28,33). The van der Waals surface area contributed by atoms with Gasteiger partial charge in [-0.3, -0.25) is 14.4 Å². The second kappa shape index (κ2) is 10.6. The van der Waals surface area contributed by atoms with Crippen molar-refractivity contribution in [1.29, 1.82) is 0 Å². The minimum absolute atomic E-state index is 0.0279. The van der Waals surface area contributed by atoms with Crippen LogP contribution in [0.15, 0.2) is 64.3 Å². The molecule has 1 aliphatic heterocycles. The van der Waals surface area contributed by atoms with E-state index in [0.29, 0.717) is 38.5 Å². The topological polar surface area (TPSA) is 87.8 Å². The van der Waals surface area contributed by atoms with Crippen molar-refractivity contribution in [3.05, 3.63) is 87.7 Å². The molecule has 1 N–H and O–H groups in total. The van der Waals surface area contributed by atoms with E-state index in [1.165, 1.54) is 18.0 Å². The Morgan fingerprint density at radius 3 is 2.31 bits per heavy atom. The van der Waals surface area contributed by atoms with E-state index in [1.807, 2.05) is 13.8 Å². The zero-order chi connectivity index (χ0) is 24.9. The lowest BCUT2D eigenvalue weighted by Crippen LogP contribution is -2.50. The van der Waals surface area contributed by atoms with Crippen molar-refractivity contribution in [3.63, 3.8) is 0 Å². The number of aryl methyl sites for hydroxylation is 1. The number of carbonyl (C=O) groups excluding carboxylic acids is 2.